The topological polar surface area (TPSA) is 89.5 Å². The van der Waals surface area contributed by atoms with E-state index in [-0.39, 0.29) is 5.91 Å². The number of carbonyl (C=O) groups is 1. The van der Waals surface area contributed by atoms with Crippen molar-refractivity contribution in [1.29, 1.82) is 0 Å². The van der Waals surface area contributed by atoms with Crippen molar-refractivity contribution in [1.82, 2.24) is 20.5 Å². The molecule has 4 heterocycles. The van der Waals surface area contributed by atoms with Crippen LogP contribution >= 0.6 is 0 Å². The first-order chi connectivity index (χ1) is 12.7. The molecule has 0 unspecified atom stereocenters. The van der Waals surface area contributed by atoms with Gasteiger partial charge in [0.25, 0.3) is 5.91 Å². The van der Waals surface area contributed by atoms with E-state index in [2.05, 4.69) is 25.4 Å². The van der Waals surface area contributed by atoms with Crippen molar-refractivity contribution in [2.45, 2.75) is 25.2 Å². The molecule has 136 valence electrons. The summed E-state index contributed by atoms with van der Waals surface area (Å²) in [6, 6.07) is 7.28. The molecule has 1 spiro atoms. The molecule has 0 atom stereocenters. The summed E-state index contributed by atoms with van der Waals surface area (Å²) >= 11 is 0. The number of nitrogens with zero attached hydrogens (tertiary/aromatic N) is 4. The van der Waals surface area contributed by atoms with Gasteiger partial charge in [0.05, 0.1) is 13.2 Å². The average molecular weight is 355 g/mol. The van der Waals surface area contributed by atoms with E-state index in [0.717, 1.165) is 37.3 Å². The second-order valence-corrected chi connectivity index (χ2v) is 6.42. The van der Waals surface area contributed by atoms with Crippen LogP contribution in [0.5, 0.6) is 0 Å². The lowest BCUT2D eigenvalue weighted by Gasteiger charge is -2.37. The second kappa shape index (κ2) is 7.35. The standard InChI is InChI=1S/C18H21N5O3/c24-17(20-13-14-2-1-7-19-12-14)15-3-4-16(22-21-15)23-8-5-18(6-9-23)25-10-11-26-18/h1-4,7,12H,5-6,8-11,13H2,(H,20,24). The summed E-state index contributed by atoms with van der Waals surface area (Å²) < 4.78 is 11.5. The predicted octanol–water partition coefficient (Wildman–Crippen LogP) is 1.14. The van der Waals surface area contributed by atoms with Gasteiger partial charge in [-0.25, -0.2) is 0 Å². The molecule has 2 aromatic heterocycles. The second-order valence-electron chi connectivity index (χ2n) is 6.42. The zero-order valence-corrected chi connectivity index (χ0v) is 14.4. The Morgan fingerprint density at radius 3 is 2.62 bits per heavy atom. The number of aromatic nitrogens is 3. The number of ether oxygens (including phenoxy) is 2. The van der Waals surface area contributed by atoms with Crippen molar-refractivity contribution < 1.29 is 14.3 Å². The van der Waals surface area contributed by atoms with Crippen molar-refractivity contribution >= 4 is 11.7 Å². The molecule has 1 N–H and O–H groups in total. The number of anilines is 1. The summed E-state index contributed by atoms with van der Waals surface area (Å²) in [5.74, 6) is 0.107. The van der Waals surface area contributed by atoms with E-state index in [1.54, 1.807) is 18.5 Å². The maximum absolute atomic E-state index is 12.2. The van der Waals surface area contributed by atoms with Crippen LogP contribution in [0, 0.1) is 0 Å². The molecular formula is C18H21N5O3. The van der Waals surface area contributed by atoms with E-state index >= 15 is 0 Å². The van der Waals surface area contributed by atoms with E-state index in [1.165, 1.54) is 0 Å². The number of pyridine rings is 1. The van der Waals surface area contributed by atoms with Crippen molar-refractivity contribution in [2.24, 2.45) is 0 Å². The monoisotopic (exact) mass is 355 g/mol. The molecule has 0 saturated carbocycles. The van der Waals surface area contributed by atoms with Crippen LogP contribution in [0.1, 0.15) is 28.9 Å². The molecule has 2 fully saturated rings. The van der Waals surface area contributed by atoms with Gasteiger partial charge in [-0.05, 0) is 23.8 Å². The molecule has 26 heavy (non-hydrogen) atoms. The Morgan fingerprint density at radius 2 is 1.96 bits per heavy atom. The largest absolute Gasteiger partial charge is 0.355 e. The van der Waals surface area contributed by atoms with Crippen molar-refractivity contribution in [3.63, 3.8) is 0 Å². The van der Waals surface area contributed by atoms with Crippen LogP contribution in [0.4, 0.5) is 5.82 Å². The van der Waals surface area contributed by atoms with Crippen LogP contribution in [0.25, 0.3) is 0 Å². The third kappa shape index (κ3) is 3.66. The molecule has 2 aromatic rings. The number of rotatable bonds is 4. The lowest BCUT2D eigenvalue weighted by atomic mass is 10.0. The van der Waals surface area contributed by atoms with Gasteiger partial charge >= 0.3 is 0 Å². The Bertz CT molecular complexity index is 737. The highest BCUT2D eigenvalue weighted by atomic mass is 16.7. The van der Waals surface area contributed by atoms with Gasteiger partial charge in [0, 0.05) is 44.9 Å². The summed E-state index contributed by atoms with van der Waals surface area (Å²) in [6.07, 6.45) is 5.03. The van der Waals surface area contributed by atoms with E-state index in [0.29, 0.717) is 25.5 Å². The van der Waals surface area contributed by atoms with Crippen LogP contribution in [-0.4, -0.2) is 53.2 Å². The van der Waals surface area contributed by atoms with E-state index in [1.807, 2.05) is 18.2 Å². The molecule has 2 aliphatic heterocycles. The fraction of sp³-hybridized carbons (Fsp3) is 0.444. The van der Waals surface area contributed by atoms with Crippen LogP contribution < -0.4 is 10.2 Å². The molecule has 0 bridgehead atoms. The quantitative estimate of drug-likeness (QED) is 0.880. The average Bonchev–Trinajstić information content (AvgIpc) is 3.16. The Kier molecular flexibility index (Phi) is 4.77. The van der Waals surface area contributed by atoms with Crippen LogP contribution in [0.2, 0.25) is 0 Å². The zero-order valence-electron chi connectivity index (χ0n) is 14.4. The van der Waals surface area contributed by atoms with Crippen LogP contribution in [-0.2, 0) is 16.0 Å². The van der Waals surface area contributed by atoms with Gasteiger partial charge in [0.15, 0.2) is 17.3 Å². The fourth-order valence-corrected chi connectivity index (χ4v) is 3.25. The van der Waals surface area contributed by atoms with Gasteiger partial charge < -0.3 is 19.7 Å². The van der Waals surface area contributed by atoms with Crippen molar-refractivity contribution in [3.8, 4) is 0 Å². The lowest BCUT2D eigenvalue weighted by molar-refractivity contribution is -0.169. The lowest BCUT2D eigenvalue weighted by Crippen LogP contribution is -2.45. The first-order valence-electron chi connectivity index (χ1n) is 8.78. The minimum atomic E-state index is -0.407. The number of nitrogens with one attached hydrogen (secondary N) is 1. The van der Waals surface area contributed by atoms with Gasteiger partial charge in [-0.15, -0.1) is 10.2 Å². The third-order valence-corrected chi connectivity index (χ3v) is 4.72. The van der Waals surface area contributed by atoms with E-state index < -0.39 is 5.79 Å². The van der Waals surface area contributed by atoms with E-state index in [4.69, 9.17) is 9.47 Å². The minimum Gasteiger partial charge on any atom is -0.355 e. The summed E-state index contributed by atoms with van der Waals surface area (Å²) in [4.78, 5) is 18.4. The number of hydrogen-bond acceptors (Lipinski definition) is 7. The Hall–Kier alpha value is -2.58. The molecule has 2 saturated heterocycles. The summed E-state index contributed by atoms with van der Waals surface area (Å²) in [5, 5.41) is 11.1. The van der Waals surface area contributed by atoms with Gasteiger partial charge in [-0.2, -0.15) is 0 Å². The maximum Gasteiger partial charge on any atom is 0.272 e. The van der Waals surface area contributed by atoms with Crippen LogP contribution in [0.3, 0.4) is 0 Å². The fourth-order valence-electron chi connectivity index (χ4n) is 3.25. The Balaban J connectivity index is 1.32. The highest BCUT2D eigenvalue weighted by Crippen LogP contribution is 2.32. The first-order valence-corrected chi connectivity index (χ1v) is 8.78. The molecule has 2 aliphatic rings. The molecule has 8 nitrogen and oxygen atoms in total. The highest BCUT2D eigenvalue weighted by Gasteiger charge is 2.40. The van der Waals surface area contributed by atoms with Gasteiger partial charge in [-0.1, -0.05) is 6.07 Å². The maximum atomic E-state index is 12.2. The third-order valence-electron chi connectivity index (χ3n) is 4.72. The van der Waals surface area contributed by atoms with Crippen LogP contribution in [0.15, 0.2) is 36.7 Å². The molecular weight excluding hydrogens is 334 g/mol. The summed E-state index contributed by atoms with van der Waals surface area (Å²) in [6.45, 7) is 3.33. The zero-order chi connectivity index (χ0) is 17.8. The van der Waals surface area contributed by atoms with Crippen molar-refractivity contribution in [3.05, 3.63) is 47.9 Å². The minimum absolute atomic E-state index is 0.252. The number of hydrogen-bond donors (Lipinski definition) is 1. The smallest absolute Gasteiger partial charge is 0.272 e. The Morgan fingerprint density at radius 1 is 1.15 bits per heavy atom. The molecule has 0 radical (unpaired) electrons. The van der Waals surface area contributed by atoms with E-state index in [9.17, 15) is 4.79 Å². The molecule has 1 amide bonds. The summed E-state index contributed by atoms with van der Waals surface area (Å²) in [7, 11) is 0. The highest BCUT2D eigenvalue weighted by molar-refractivity contribution is 5.92. The van der Waals surface area contributed by atoms with Crippen molar-refractivity contribution in [2.75, 3.05) is 31.2 Å². The molecule has 0 aromatic carbocycles. The Labute approximate surface area is 151 Å². The predicted molar refractivity (Wildman–Crippen MR) is 93.5 cm³/mol. The molecule has 4 rings (SSSR count). The van der Waals surface area contributed by atoms with Gasteiger partial charge in [-0.3, -0.25) is 9.78 Å². The normalized spacial score (nSPS) is 18.8. The SMILES string of the molecule is O=C(NCc1cccnc1)c1ccc(N2CCC3(CC2)OCCO3)nn1. The van der Waals surface area contributed by atoms with Gasteiger partial charge in [0.2, 0.25) is 0 Å². The summed E-state index contributed by atoms with van der Waals surface area (Å²) in [5.41, 5.74) is 1.23. The first kappa shape index (κ1) is 16.9. The number of piperidine rings is 1. The molecule has 8 heteroatoms. The molecule has 0 aliphatic carbocycles. The van der Waals surface area contributed by atoms with Gasteiger partial charge in [0.1, 0.15) is 0 Å². The number of carbonyl (C=O) groups excluding carboxylic acids is 1. The number of amides is 1.